The number of anilines is 1. The van der Waals surface area contributed by atoms with Gasteiger partial charge in [0.1, 0.15) is 0 Å². The number of nitrogen functional groups attached to an aromatic ring is 1. The van der Waals surface area contributed by atoms with Crippen LogP contribution in [0.25, 0.3) is 10.8 Å². The maximum atomic E-state index is 13.7. The smallest absolute Gasteiger partial charge is 0.227 e. The number of carbonyl (C=O) groups is 2. The number of fused-ring (bicyclic) bond motifs is 1. The van der Waals surface area contributed by atoms with Gasteiger partial charge in [-0.3, -0.25) is 9.59 Å². The number of hydrogen-bond donors (Lipinski definition) is 3. The molecule has 0 bridgehead atoms. The van der Waals surface area contributed by atoms with Crippen molar-refractivity contribution in [3.8, 4) is 0 Å². The Balaban J connectivity index is 1.30. The van der Waals surface area contributed by atoms with Crippen molar-refractivity contribution in [2.75, 3.05) is 18.8 Å². The van der Waals surface area contributed by atoms with E-state index >= 15 is 0 Å². The minimum Gasteiger partial charge on any atom is -0.369 e. The van der Waals surface area contributed by atoms with Gasteiger partial charge in [-0.1, -0.05) is 73.1 Å². The van der Waals surface area contributed by atoms with Crippen LogP contribution in [0.15, 0.2) is 66.7 Å². The minimum atomic E-state index is -0.437. The number of H-pyrrole nitrogens is 1. The van der Waals surface area contributed by atoms with E-state index in [1.807, 2.05) is 47.1 Å². The Labute approximate surface area is 258 Å². The van der Waals surface area contributed by atoms with Gasteiger partial charge in [0.15, 0.2) is 5.95 Å². The molecule has 1 aromatic heterocycles. The van der Waals surface area contributed by atoms with Crippen LogP contribution in [0.5, 0.6) is 0 Å². The summed E-state index contributed by atoms with van der Waals surface area (Å²) in [5, 5.41) is 2.91. The molecule has 5 N–H and O–H groups in total. The summed E-state index contributed by atoms with van der Waals surface area (Å²) in [7, 11) is 0. The number of nitrogens with one attached hydrogen (secondary N) is 1. The third-order valence-electron chi connectivity index (χ3n) is 8.53. The predicted octanol–water partition coefficient (Wildman–Crippen LogP) is 5.44. The van der Waals surface area contributed by atoms with Gasteiger partial charge in [-0.15, -0.1) is 0 Å². The third kappa shape index (κ3) is 7.37. The number of aryl methyl sites for hydroxylation is 2. The number of amides is 2. The van der Waals surface area contributed by atoms with Crippen molar-refractivity contribution in [3.05, 3.63) is 94.3 Å². The average molecular weight is 601 g/mol. The molecule has 0 saturated carbocycles. The van der Waals surface area contributed by atoms with Crippen LogP contribution in [0.1, 0.15) is 61.7 Å². The van der Waals surface area contributed by atoms with E-state index in [-0.39, 0.29) is 30.3 Å². The predicted molar refractivity (Wildman–Crippen MR) is 173 cm³/mol. The summed E-state index contributed by atoms with van der Waals surface area (Å²) in [6.07, 6.45) is 3.66. The molecule has 3 unspecified atom stereocenters. The molecule has 43 heavy (non-hydrogen) atoms. The number of nitrogens with two attached hydrogens (primary N) is 2. The van der Waals surface area contributed by atoms with Gasteiger partial charge in [-0.05, 0) is 66.6 Å². The van der Waals surface area contributed by atoms with Crippen LogP contribution in [-0.2, 0) is 28.9 Å². The number of benzene rings is 3. The summed E-state index contributed by atoms with van der Waals surface area (Å²) in [6.45, 7) is 5.04. The lowest BCUT2D eigenvalue weighted by Gasteiger charge is -2.46. The zero-order valence-corrected chi connectivity index (χ0v) is 25.7. The van der Waals surface area contributed by atoms with Crippen LogP contribution in [0.2, 0.25) is 5.02 Å². The molecular weight excluding hydrogens is 560 g/mol. The van der Waals surface area contributed by atoms with Crippen molar-refractivity contribution in [3.63, 3.8) is 0 Å². The van der Waals surface area contributed by atoms with Crippen LogP contribution in [-0.4, -0.2) is 56.8 Å². The second-order valence-electron chi connectivity index (χ2n) is 11.6. The highest BCUT2D eigenvalue weighted by atomic mass is 35.5. The molecule has 1 saturated heterocycles. The number of aromatic nitrogens is 2. The van der Waals surface area contributed by atoms with Crippen LogP contribution in [0, 0.1) is 0 Å². The summed E-state index contributed by atoms with van der Waals surface area (Å²) in [5.74, 6) is 0.505. The number of nitrogens with zero attached hydrogens (tertiary/aromatic N) is 3. The van der Waals surface area contributed by atoms with E-state index in [1.54, 1.807) is 12.1 Å². The van der Waals surface area contributed by atoms with Crippen LogP contribution < -0.4 is 11.5 Å². The first kappa shape index (κ1) is 30.6. The Hall–Kier alpha value is -3.88. The SMILES string of the molecule is CCc1nc(N)[nH]c1CCCC1CN(C(=O)Cc2ccc3ccccc3c2)C(C)CN1C(=O)CC(N)c1ccc(Cl)cc1. The maximum Gasteiger partial charge on any atom is 0.227 e. The van der Waals surface area contributed by atoms with Crippen molar-refractivity contribution in [2.24, 2.45) is 5.73 Å². The van der Waals surface area contributed by atoms with Gasteiger partial charge >= 0.3 is 0 Å². The second kappa shape index (κ2) is 13.6. The molecular formula is C34H41ClN6O2. The molecule has 1 fully saturated rings. The molecule has 8 nitrogen and oxygen atoms in total. The molecule has 1 aliphatic rings. The fourth-order valence-electron chi connectivity index (χ4n) is 6.18. The maximum absolute atomic E-state index is 13.7. The molecule has 5 rings (SSSR count). The summed E-state index contributed by atoms with van der Waals surface area (Å²) in [5.41, 5.74) is 16.3. The van der Waals surface area contributed by atoms with Crippen molar-refractivity contribution in [1.29, 1.82) is 0 Å². The second-order valence-corrected chi connectivity index (χ2v) is 12.0. The van der Waals surface area contributed by atoms with Crippen molar-refractivity contribution >= 4 is 40.1 Å². The summed E-state index contributed by atoms with van der Waals surface area (Å²) < 4.78 is 0. The fourth-order valence-corrected chi connectivity index (χ4v) is 6.30. The molecule has 0 aliphatic carbocycles. The van der Waals surface area contributed by atoms with E-state index in [9.17, 15) is 9.59 Å². The fraction of sp³-hybridized carbons (Fsp3) is 0.382. The first-order valence-electron chi connectivity index (χ1n) is 15.1. The summed E-state index contributed by atoms with van der Waals surface area (Å²) in [4.78, 5) is 38.9. The standard InChI is InChI=1S/C34H41ClN6O2/c1-3-30-31(39-34(37)38-30)10-6-9-28-21-40(32(42)18-23-11-12-24-7-4-5-8-26(24)17-23)22(2)20-41(28)33(43)19-29(36)25-13-15-27(35)16-14-25/h4-5,7-8,11-17,22,28-29H,3,6,9-10,18-21,36H2,1-2H3,(H3,37,38,39). The molecule has 2 heterocycles. The highest BCUT2D eigenvalue weighted by molar-refractivity contribution is 6.30. The molecule has 3 atom stereocenters. The Kier molecular flexibility index (Phi) is 9.68. The van der Waals surface area contributed by atoms with E-state index in [2.05, 4.69) is 41.2 Å². The number of halogens is 1. The summed E-state index contributed by atoms with van der Waals surface area (Å²) in [6, 6.07) is 21.0. The number of hydrogen-bond acceptors (Lipinski definition) is 5. The lowest BCUT2D eigenvalue weighted by molar-refractivity contribution is -0.146. The van der Waals surface area contributed by atoms with Gasteiger partial charge in [0, 0.05) is 48.4 Å². The first-order chi connectivity index (χ1) is 20.7. The molecule has 2 amide bonds. The zero-order valence-electron chi connectivity index (χ0n) is 24.9. The Morgan fingerprint density at radius 2 is 1.77 bits per heavy atom. The highest BCUT2D eigenvalue weighted by Gasteiger charge is 2.36. The van der Waals surface area contributed by atoms with Crippen LogP contribution in [0.3, 0.4) is 0 Å². The molecule has 3 aromatic carbocycles. The molecule has 0 radical (unpaired) electrons. The lowest BCUT2D eigenvalue weighted by atomic mass is 9.97. The van der Waals surface area contributed by atoms with E-state index in [0.29, 0.717) is 30.5 Å². The van der Waals surface area contributed by atoms with Crippen LogP contribution in [0.4, 0.5) is 5.95 Å². The zero-order chi connectivity index (χ0) is 30.5. The first-order valence-corrected chi connectivity index (χ1v) is 15.5. The molecule has 4 aromatic rings. The molecule has 1 aliphatic heterocycles. The van der Waals surface area contributed by atoms with Crippen molar-refractivity contribution in [1.82, 2.24) is 19.8 Å². The Morgan fingerprint density at radius 3 is 2.51 bits per heavy atom. The lowest BCUT2D eigenvalue weighted by Crippen LogP contribution is -2.60. The number of piperazine rings is 1. The third-order valence-corrected chi connectivity index (χ3v) is 8.78. The normalized spacial score (nSPS) is 17.8. The van der Waals surface area contributed by atoms with Gasteiger partial charge in [-0.25, -0.2) is 4.98 Å². The molecule has 9 heteroatoms. The number of carbonyl (C=O) groups excluding carboxylic acids is 2. The highest BCUT2D eigenvalue weighted by Crippen LogP contribution is 2.26. The van der Waals surface area contributed by atoms with E-state index in [0.717, 1.165) is 59.0 Å². The number of imidazole rings is 1. The topological polar surface area (TPSA) is 121 Å². The van der Waals surface area contributed by atoms with Gasteiger partial charge in [0.25, 0.3) is 0 Å². The van der Waals surface area contributed by atoms with E-state index in [1.165, 1.54) is 0 Å². The number of rotatable bonds is 10. The average Bonchev–Trinajstić information content (AvgIpc) is 3.36. The number of aromatic amines is 1. The Bertz CT molecular complexity index is 1570. The Morgan fingerprint density at radius 1 is 1.02 bits per heavy atom. The van der Waals surface area contributed by atoms with Gasteiger partial charge in [0.05, 0.1) is 12.1 Å². The van der Waals surface area contributed by atoms with E-state index < -0.39 is 6.04 Å². The van der Waals surface area contributed by atoms with Crippen molar-refractivity contribution < 1.29 is 9.59 Å². The van der Waals surface area contributed by atoms with E-state index in [4.69, 9.17) is 23.1 Å². The molecule has 0 spiro atoms. The van der Waals surface area contributed by atoms with Gasteiger partial charge < -0.3 is 26.3 Å². The monoisotopic (exact) mass is 600 g/mol. The van der Waals surface area contributed by atoms with Crippen LogP contribution >= 0.6 is 11.6 Å². The largest absolute Gasteiger partial charge is 0.369 e. The minimum absolute atomic E-state index is 0.000889. The van der Waals surface area contributed by atoms with Gasteiger partial charge in [-0.2, -0.15) is 0 Å². The quantitative estimate of drug-likeness (QED) is 0.224. The van der Waals surface area contributed by atoms with Gasteiger partial charge in [0.2, 0.25) is 11.8 Å². The van der Waals surface area contributed by atoms with Crippen molar-refractivity contribution in [2.45, 2.75) is 70.5 Å². The summed E-state index contributed by atoms with van der Waals surface area (Å²) >= 11 is 6.05. The molecule has 226 valence electrons.